The molecule has 0 radical (unpaired) electrons. The number of alkyl halides is 3. The topological polar surface area (TPSA) is 43.1 Å². The molecule has 0 aliphatic heterocycles. The summed E-state index contributed by atoms with van der Waals surface area (Å²) in [7, 11) is 0. The number of rotatable bonds is 2. The summed E-state index contributed by atoms with van der Waals surface area (Å²) in [5, 5.41) is 0. The van der Waals surface area contributed by atoms with Gasteiger partial charge in [-0.25, -0.2) is 0 Å². The molecule has 2 N–H and O–H groups in total. The normalized spacial score (nSPS) is 17.3. The molecule has 2 aromatic carbocycles. The molecule has 0 spiro atoms. The van der Waals surface area contributed by atoms with Crippen LogP contribution >= 0.6 is 0 Å². The van der Waals surface area contributed by atoms with Gasteiger partial charge in [0.15, 0.2) is 0 Å². The number of fused-ring (bicyclic) bond motifs is 1. The van der Waals surface area contributed by atoms with E-state index in [0.717, 1.165) is 11.6 Å². The van der Waals surface area contributed by atoms with E-state index in [0.29, 0.717) is 29.5 Å². The molecule has 22 heavy (non-hydrogen) atoms. The van der Waals surface area contributed by atoms with Gasteiger partial charge in [-0.3, -0.25) is 4.79 Å². The Hall–Kier alpha value is -2.30. The first-order valence-electron chi connectivity index (χ1n) is 6.96. The van der Waals surface area contributed by atoms with E-state index in [4.69, 9.17) is 5.73 Å². The molecule has 2 aromatic rings. The molecule has 0 bridgehead atoms. The lowest BCUT2D eigenvalue weighted by Crippen LogP contribution is -2.15. The second-order valence-electron chi connectivity index (χ2n) is 5.45. The highest BCUT2D eigenvalue weighted by Crippen LogP contribution is 2.42. The second kappa shape index (κ2) is 5.16. The summed E-state index contributed by atoms with van der Waals surface area (Å²) in [5.74, 6) is -0.781. The number of carbonyl (C=O) groups is 1. The Balaban J connectivity index is 2.10. The van der Waals surface area contributed by atoms with Crippen LogP contribution in [0.3, 0.4) is 0 Å². The van der Waals surface area contributed by atoms with Gasteiger partial charge in [-0.1, -0.05) is 24.3 Å². The Morgan fingerprint density at radius 3 is 2.50 bits per heavy atom. The lowest BCUT2D eigenvalue weighted by Gasteiger charge is -2.17. The van der Waals surface area contributed by atoms with Crippen LogP contribution in [0.15, 0.2) is 42.5 Å². The van der Waals surface area contributed by atoms with Crippen LogP contribution in [0, 0.1) is 0 Å². The van der Waals surface area contributed by atoms with Gasteiger partial charge in [-0.05, 0) is 47.7 Å². The molecule has 1 aliphatic rings. The number of primary amides is 1. The fourth-order valence-electron chi connectivity index (χ4n) is 3.13. The fourth-order valence-corrected chi connectivity index (χ4v) is 3.13. The summed E-state index contributed by atoms with van der Waals surface area (Å²) in [5.41, 5.74) is 7.34. The molecule has 1 amide bonds. The van der Waals surface area contributed by atoms with Crippen molar-refractivity contribution in [1.82, 2.24) is 0 Å². The van der Waals surface area contributed by atoms with Crippen molar-refractivity contribution in [3.05, 3.63) is 70.3 Å². The number of carbonyl (C=O) groups excluding carboxylic acids is 1. The van der Waals surface area contributed by atoms with Crippen molar-refractivity contribution in [1.29, 1.82) is 0 Å². The number of nitrogens with two attached hydrogens (primary N) is 1. The van der Waals surface area contributed by atoms with Gasteiger partial charge in [-0.2, -0.15) is 13.2 Å². The lowest BCUT2D eigenvalue weighted by molar-refractivity contribution is -0.137. The molecule has 0 saturated carbocycles. The Bertz CT molecular complexity index is 737. The minimum atomic E-state index is -4.37. The van der Waals surface area contributed by atoms with Gasteiger partial charge in [0.2, 0.25) is 5.91 Å². The molecule has 0 fully saturated rings. The summed E-state index contributed by atoms with van der Waals surface area (Å²) >= 11 is 0. The van der Waals surface area contributed by atoms with Gasteiger partial charge in [0.05, 0.1) is 5.56 Å². The lowest BCUT2D eigenvalue weighted by atomic mass is 9.88. The van der Waals surface area contributed by atoms with Crippen LogP contribution in [0.1, 0.15) is 45.0 Å². The molecule has 0 saturated heterocycles. The molecular formula is C17H14F3NO. The molecular weight excluding hydrogens is 291 g/mol. The van der Waals surface area contributed by atoms with Gasteiger partial charge in [0.1, 0.15) is 0 Å². The van der Waals surface area contributed by atoms with Gasteiger partial charge in [-0.15, -0.1) is 0 Å². The zero-order chi connectivity index (χ0) is 15.9. The number of amides is 1. The van der Waals surface area contributed by atoms with E-state index in [1.807, 2.05) is 0 Å². The molecule has 2 nitrogen and oxygen atoms in total. The zero-order valence-corrected chi connectivity index (χ0v) is 11.7. The predicted molar refractivity (Wildman–Crippen MR) is 76.6 cm³/mol. The average Bonchev–Trinajstić information content (AvgIpc) is 2.89. The Kier molecular flexibility index (Phi) is 3.43. The smallest absolute Gasteiger partial charge is 0.366 e. The first kappa shape index (κ1) is 14.6. The molecule has 114 valence electrons. The quantitative estimate of drug-likeness (QED) is 0.899. The van der Waals surface area contributed by atoms with E-state index < -0.39 is 17.6 Å². The van der Waals surface area contributed by atoms with Crippen LogP contribution in [0.2, 0.25) is 0 Å². The van der Waals surface area contributed by atoms with Crippen LogP contribution in [0.25, 0.3) is 0 Å². The highest BCUT2D eigenvalue weighted by atomic mass is 19.4. The zero-order valence-electron chi connectivity index (χ0n) is 11.7. The fraction of sp³-hybridized carbons (Fsp3) is 0.235. The number of halogens is 3. The third kappa shape index (κ3) is 2.47. The van der Waals surface area contributed by atoms with Crippen LogP contribution in [0.5, 0.6) is 0 Å². The standard InChI is InChI=1S/C17H14F3NO/c18-17(19,20)11-7-5-10-6-8-13(15(10)9-11)12-3-1-2-4-14(12)16(21)22/h1-5,7,9,13H,6,8H2,(H2,21,22)/t13-/m0/s1. The Labute approximate surface area is 125 Å². The Morgan fingerprint density at radius 2 is 1.82 bits per heavy atom. The second-order valence-corrected chi connectivity index (χ2v) is 5.45. The summed E-state index contributed by atoms with van der Waals surface area (Å²) in [6, 6.07) is 10.7. The molecule has 1 atom stereocenters. The van der Waals surface area contributed by atoms with Gasteiger partial charge in [0, 0.05) is 11.5 Å². The van der Waals surface area contributed by atoms with Crippen molar-refractivity contribution in [2.45, 2.75) is 24.9 Å². The third-order valence-electron chi connectivity index (χ3n) is 4.15. The summed E-state index contributed by atoms with van der Waals surface area (Å²) in [6.07, 6.45) is -2.99. The Morgan fingerprint density at radius 1 is 1.09 bits per heavy atom. The van der Waals surface area contributed by atoms with Crippen molar-refractivity contribution in [3.63, 3.8) is 0 Å². The third-order valence-corrected chi connectivity index (χ3v) is 4.15. The first-order valence-corrected chi connectivity index (χ1v) is 6.96. The number of benzene rings is 2. The van der Waals surface area contributed by atoms with Crippen molar-refractivity contribution in [2.24, 2.45) is 5.73 Å². The predicted octanol–water partition coefficient (Wildman–Crippen LogP) is 3.88. The number of aryl methyl sites for hydroxylation is 1. The first-order chi connectivity index (χ1) is 10.4. The van der Waals surface area contributed by atoms with Crippen molar-refractivity contribution < 1.29 is 18.0 Å². The number of hydrogen-bond donors (Lipinski definition) is 1. The van der Waals surface area contributed by atoms with Gasteiger partial charge in [0.25, 0.3) is 0 Å². The van der Waals surface area contributed by atoms with Crippen molar-refractivity contribution in [3.8, 4) is 0 Å². The minimum absolute atomic E-state index is 0.221. The number of hydrogen-bond acceptors (Lipinski definition) is 1. The highest BCUT2D eigenvalue weighted by molar-refractivity contribution is 5.94. The van der Waals surface area contributed by atoms with E-state index in [1.165, 1.54) is 12.1 Å². The SMILES string of the molecule is NC(=O)c1ccccc1[C@@H]1CCc2ccc(C(F)(F)F)cc21. The summed E-state index contributed by atoms with van der Waals surface area (Å²) in [6.45, 7) is 0. The summed E-state index contributed by atoms with van der Waals surface area (Å²) in [4.78, 5) is 11.6. The molecule has 1 aliphatic carbocycles. The molecule has 3 rings (SSSR count). The van der Waals surface area contributed by atoms with E-state index in [9.17, 15) is 18.0 Å². The van der Waals surface area contributed by atoms with E-state index >= 15 is 0 Å². The van der Waals surface area contributed by atoms with E-state index in [1.54, 1.807) is 24.3 Å². The van der Waals surface area contributed by atoms with Gasteiger partial charge >= 0.3 is 6.18 Å². The average molecular weight is 305 g/mol. The largest absolute Gasteiger partial charge is 0.416 e. The maximum absolute atomic E-state index is 12.9. The highest BCUT2D eigenvalue weighted by Gasteiger charge is 2.34. The molecule has 5 heteroatoms. The summed E-state index contributed by atoms with van der Waals surface area (Å²) < 4.78 is 38.8. The minimum Gasteiger partial charge on any atom is -0.366 e. The monoisotopic (exact) mass is 305 g/mol. The molecule has 0 unspecified atom stereocenters. The van der Waals surface area contributed by atoms with Crippen molar-refractivity contribution >= 4 is 5.91 Å². The van der Waals surface area contributed by atoms with Crippen LogP contribution in [-0.2, 0) is 12.6 Å². The van der Waals surface area contributed by atoms with Crippen LogP contribution in [0.4, 0.5) is 13.2 Å². The van der Waals surface area contributed by atoms with Gasteiger partial charge < -0.3 is 5.73 Å². The van der Waals surface area contributed by atoms with Crippen molar-refractivity contribution in [2.75, 3.05) is 0 Å². The van der Waals surface area contributed by atoms with E-state index in [-0.39, 0.29) is 5.92 Å². The maximum Gasteiger partial charge on any atom is 0.416 e. The molecule has 0 aromatic heterocycles. The van der Waals surface area contributed by atoms with E-state index in [2.05, 4.69) is 0 Å². The van der Waals surface area contributed by atoms with Crippen LogP contribution in [-0.4, -0.2) is 5.91 Å². The maximum atomic E-state index is 12.9. The van der Waals surface area contributed by atoms with Crippen LogP contribution < -0.4 is 5.73 Å². The molecule has 0 heterocycles.